The molecule has 5 nitrogen and oxygen atoms in total. The van der Waals surface area contributed by atoms with E-state index >= 15 is 0 Å². The van der Waals surface area contributed by atoms with Crippen LogP contribution in [-0.2, 0) is 0 Å². The number of nitrogens with zero attached hydrogens (tertiary/aromatic N) is 3. The average Bonchev–Trinajstić information content (AvgIpc) is 3.16. The lowest BCUT2D eigenvalue weighted by Crippen LogP contribution is -2.34. The number of nitrogen functional groups attached to an aromatic ring is 1. The molecule has 21 heavy (non-hydrogen) atoms. The summed E-state index contributed by atoms with van der Waals surface area (Å²) >= 11 is 3.06. The molecule has 0 radical (unpaired) electrons. The van der Waals surface area contributed by atoms with Crippen LogP contribution in [0.5, 0.6) is 0 Å². The zero-order valence-electron chi connectivity index (χ0n) is 12.4. The summed E-state index contributed by atoms with van der Waals surface area (Å²) in [6, 6.07) is 0.615. The first-order valence-electron chi connectivity index (χ1n) is 7.34. The molecule has 0 amide bonds. The number of thiazole rings is 1. The Morgan fingerprint density at radius 1 is 1.52 bits per heavy atom. The van der Waals surface area contributed by atoms with Crippen molar-refractivity contribution in [2.24, 2.45) is 0 Å². The molecule has 0 bridgehead atoms. The molecule has 0 aliphatic carbocycles. The van der Waals surface area contributed by atoms with Gasteiger partial charge in [0.05, 0.1) is 5.56 Å². The molecule has 0 spiro atoms. The lowest BCUT2D eigenvalue weighted by molar-refractivity contribution is 0.277. The lowest BCUT2D eigenvalue weighted by atomic mass is 10.2. The van der Waals surface area contributed by atoms with E-state index in [0.717, 1.165) is 34.4 Å². The van der Waals surface area contributed by atoms with Gasteiger partial charge in [0.1, 0.15) is 15.8 Å². The molecule has 0 aromatic carbocycles. The minimum Gasteiger partial charge on any atom is -0.382 e. The molecule has 1 atom stereocenters. The number of hydrogen-bond acceptors (Lipinski definition) is 7. The summed E-state index contributed by atoms with van der Waals surface area (Å²) in [5.41, 5.74) is 8.03. The van der Waals surface area contributed by atoms with Crippen LogP contribution in [0.25, 0.3) is 10.6 Å². The predicted molar refractivity (Wildman–Crippen MR) is 91.1 cm³/mol. The van der Waals surface area contributed by atoms with Crippen molar-refractivity contribution in [1.29, 1.82) is 0 Å². The predicted octanol–water partition coefficient (Wildman–Crippen LogP) is 3.05. The van der Waals surface area contributed by atoms with Gasteiger partial charge in [0.2, 0.25) is 0 Å². The van der Waals surface area contributed by atoms with Crippen LogP contribution in [0.15, 0.2) is 5.38 Å². The van der Waals surface area contributed by atoms with Crippen LogP contribution < -0.4 is 11.1 Å². The van der Waals surface area contributed by atoms with Gasteiger partial charge in [-0.15, -0.1) is 11.3 Å². The monoisotopic (exact) mass is 323 g/mol. The van der Waals surface area contributed by atoms with Crippen molar-refractivity contribution in [3.63, 3.8) is 0 Å². The molecule has 2 aromatic rings. The van der Waals surface area contributed by atoms with E-state index in [1.54, 1.807) is 11.3 Å². The molecule has 1 aliphatic heterocycles. The Morgan fingerprint density at radius 3 is 3.10 bits per heavy atom. The van der Waals surface area contributed by atoms with Gasteiger partial charge in [-0.05, 0) is 44.4 Å². The van der Waals surface area contributed by atoms with Crippen molar-refractivity contribution in [3.05, 3.63) is 11.1 Å². The number of nitrogens with one attached hydrogen (secondary N) is 1. The van der Waals surface area contributed by atoms with Gasteiger partial charge in [-0.25, -0.2) is 4.98 Å². The van der Waals surface area contributed by atoms with E-state index in [-0.39, 0.29) is 0 Å². The highest BCUT2D eigenvalue weighted by Crippen LogP contribution is 2.38. The van der Waals surface area contributed by atoms with E-state index in [0.29, 0.717) is 11.9 Å². The van der Waals surface area contributed by atoms with Crippen molar-refractivity contribution in [2.45, 2.75) is 32.7 Å². The van der Waals surface area contributed by atoms with E-state index < -0.39 is 0 Å². The summed E-state index contributed by atoms with van der Waals surface area (Å²) in [6.07, 6.45) is 2.56. The Kier molecular flexibility index (Phi) is 4.42. The zero-order chi connectivity index (χ0) is 14.8. The van der Waals surface area contributed by atoms with Crippen molar-refractivity contribution in [1.82, 2.24) is 14.3 Å². The third-order valence-electron chi connectivity index (χ3n) is 3.95. The Hall–Kier alpha value is -1.18. The minimum absolute atomic E-state index is 0.579. The number of aryl methyl sites for hydroxylation is 1. The molecule has 2 aromatic heterocycles. The van der Waals surface area contributed by atoms with Gasteiger partial charge in [-0.2, -0.15) is 4.37 Å². The normalized spacial score (nSPS) is 19.2. The molecular weight excluding hydrogens is 302 g/mol. The van der Waals surface area contributed by atoms with Gasteiger partial charge < -0.3 is 11.1 Å². The molecule has 0 saturated carbocycles. The first-order chi connectivity index (χ1) is 10.2. The Labute approximate surface area is 133 Å². The van der Waals surface area contributed by atoms with E-state index in [4.69, 9.17) is 5.73 Å². The van der Waals surface area contributed by atoms with Gasteiger partial charge in [0, 0.05) is 23.7 Å². The topological polar surface area (TPSA) is 67.1 Å². The van der Waals surface area contributed by atoms with E-state index in [2.05, 4.69) is 26.5 Å². The lowest BCUT2D eigenvalue weighted by Gasteiger charge is -2.23. The molecule has 3 heterocycles. The maximum absolute atomic E-state index is 6.04. The number of likely N-dealkylation sites (N-methyl/N-ethyl adjacent to an activating group) is 1. The molecule has 1 aliphatic rings. The molecule has 7 heteroatoms. The molecule has 1 fully saturated rings. The van der Waals surface area contributed by atoms with Gasteiger partial charge in [0.25, 0.3) is 0 Å². The second-order valence-corrected chi connectivity index (χ2v) is 7.00. The van der Waals surface area contributed by atoms with Crippen LogP contribution in [0, 0.1) is 6.92 Å². The van der Waals surface area contributed by atoms with E-state index in [1.807, 2.05) is 12.3 Å². The number of likely N-dealkylation sites (tertiary alicyclic amines) is 1. The van der Waals surface area contributed by atoms with Crippen molar-refractivity contribution in [2.75, 3.05) is 30.7 Å². The molecule has 3 rings (SSSR count). The molecule has 3 N–H and O–H groups in total. The van der Waals surface area contributed by atoms with Crippen LogP contribution in [0.4, 0.5) is 10.8 Å². The average molecular weight is 323 g/mol. The highest BCUT2D eigenvalue weighted by Gasteiger charge is 2.24. The summed E-state index contributed by atoms with van der Waals surface area (Å²) < 4.78 is 4.30. The van der Waals surface area contributed by atoms with Crippen LogP contribution in [0.1, 0.15) is 25.5 Å². The molecule has 1 unspecified atom stereocenters. The number of aromatic nitrogens is 2. The standard InChI is InChI=1S/C14H21N5S2/c1-3-19-6-4-5-10(19)7-16-13-11(12(15)18-21-13)14-17-9(2)8-20-14/h8,10,16H,3-7H2,1-2H3,(H2,15,18). The quantitative estimate of drug-likeness (QED) is 0.885. The van der Waals surface area contributed by atoms with Crippen molar-refractivity contribution in [3.8, 4) is 10.6 Å². The minimum atomic E-state index is 0.579. The SMILES string of the molecule is CCN1CCCC1CNc1snc(N)c1-c1nc(C)cs1. The van der Waals surface area contributed by atoms with Gasteiger partial charge in [-0.3, -0.25) is 4.90 Å². The fourth-order valence-electron chi connectivity index (χ4n) is 2.85. The van der Waals surface area contributed by atoms with E-state index in [1.165, 1.54) is 30.9 Å². The van der Waals surface area contributed by atoms with Crippen LogP contribution in [0.2, 0.25) is 0 Å². The fraction of sp³-hybridized carbons (Fsp3) is 0.571. The van der Waals surface area contributed by atoms with Crippen LogP contribution in [0.3, 0.4) is 0 Å². The van der Waals surface area contributed by atoms with Gasteiger partial charge >= 0.3 is 0 Å². The first-order valence-corrected chi connectivity index (χ1v) is 9.00. The number of rotatable bonds is 5. The summed E-state index contributed by atoms with van der Waals surface area (Å²) in [6.45, 7) is 7.52. The largest absolute Gasteiger partial charge is 0.382 e. The van der Waals surface area contributed by atoms with E-state index in [9.17, 15) is 0 Å². The maximum atomic E-state index is 6.04. The third kappa shape index (κ3) is 3.04. The summed E-state index contributed by atoms with van der Waals surface area (Å²) in [5.74, 6) is 0.579. The molecule has 114 valence electrons. The highest BCUT2D eigenvalue weighted by atomic mass is 32.1. The number of hydrogen-bond donors (Lipinski definition) is 2. The van der Waals surface area contributed by atoms with Crippen LogP contribution >= 0.6 is 22.9 Å². The third-order valence-corrected chi connectivity index (χ3v) is 5.75. The second-order valence-electron chi connectivity index (χ2n) is 5.37. The van der Waals surface area contributed by atoms with Gasteiger partial charge in [0.15, 0.2) is 0 Å². The van der Waals surface area contributed by atoms with Crippen LogP contribution in [-0.4, -0.2) is 39.9 Å². The number of anilines is 2. The van der Waals surface area contributed by atoms with Gasteiger partial charge in [-0.1, -0.05) is 6.92 Å². The molecule has 1 saturated heterocycles. The highest BCUT2D eigenvalue weighted by molar-refractivity contribution is 7.15. The molecular formula is C14H21N5S2. The fourth-order valence-corrected chi connectivity index (χ4v) is 4.49. The zero-order valence-corrected chi connectivity index (χ0v) is 14.1. The summed E-state index contributed by atoms with van der Waals surface area (Å²) in [4.78, 5) is 7.07. The van der Waals surface area contributed by atoms with Crippen molar-refractivity contribution >= 4 is 33.7 Å². The maximum Gasteiger partial charge on any atom is 0.149 e. The number of nitrogens with two attached hydrogens (primary N) is 1. The Balaban J connectivity index is 1.74. The summed E-state index contributed by atoms with van der Waals surface area (Å²) in [7, 11) is 0. The van der Waals surface area contributed by atoms with Crippen molar-refractivity contribution < 1.29 is 0 Å². The summed E-state index contributed by atoms with van der Waals surface area (Å²) in [5, 5.41) is 7.60. The first kappa shape index (κ1) is 14.7. The smallest absolute Gasteiger partial charge is 0.149 e. The second kappa shape index (κ2) is 6.29. The Morgan fingerprint density at radius 2 is 2.38 bits per heavy atom. The Bertz CT molecular complexity index is 606.